The molecule has 0 aromatic heterocycles. The maximum Gasteiger partial charge on any atom is 0.0687 e. The van der Waals surface area contributed by atoms with Crippen molar-refractivity contribution in [2.75, 3.05) is 5.33 Å². The molecule has 0 aromatic carbocycles. The van der Waals surface area contributed by atoms with Gasteiger partial charge in [-0.25, -0.2) is 0 Å². The molecule has 0 amide bonds. The van der Waals surface area contributed by atoms with Gasteiger partial charge in [0.1, 0.15) is 0 Å². The van der Waals surface area contributed by atoms with Crippen molar-refractivity contribution in [3.05, 3.63) is 0 Å². The van der Waals surface area contributed by atoms with Gasteiger partial charge in [0, 0.05) is 5.33 Å². The highest BCUT2D eigenvalue weighted by molar-refractivity contribution is 9.09. The Morgan fingerprint density at radius 2 is 1.78 bits per heavy atom. The normalized spacial score (nSPS) is 48.8. The second-order valence-electron chi connectivity index (χ2n) is 7.67. The first-order chi connectivity index (χ1) is 8.73. The van der Waals surface area contributed by atoms with E-state index in [1.807, 2.05) is 0 Å². The molecule has 3 atom stereocenters. The Bertz CT molecular complexity index is 324. The summed E-state index contributed by atoms with van der Waals surface area (Å²) < 4.78 is 6.53. The first-order valence-corrected chi connectivity index (χ1v) is 9.09. The fourth-order valence-electron chi connectivity index (χ4n) is 5.25. The molecular weight excluding hydrogens is 288 g/mol. The average molecular weight is 313 g/mol. The molecule has 1 heterocycles. The summed E-state index contributed by atoms with van der Waals surface area (Å²) >= 11 is 3.81. The van der Waals surface area contributed by atoms with Crippen LogP contribution in [0.5, 0.6) is 0 Å². The first-order valence-electron chi connectivity index (χ1n) is 7.96. The smallest absolute Gasteiger partial charge is 0.0687 e. The fourth-order valence-corrected chi connectivity index (χ4v) is 5.93. The first kappa shape index (κ1) is 12.2. The van der Waals surface area contributed by atoms with E-state index in [4.69, 9.17) is 4.74 Å². The van der Waals surface area contributed by atoms with Crippen molar-refractivity contribution >= 4 is 15.9 Å². The quantitative estimate of drug-likeness (QED) is 0.687. The van der Waals surface area contributed by atoms with Crippen LogP contribution in [0, 0.1) is 17.3 Å². The van der Waals surface area contributed by atoms with Gasteiger partial charge in [0.25, 0.3) is 0 Å². The third-order valence-corrected chi connectivity index (χ3v) is 7.45. The molecule has 4 aliphatic rings. The summed E-state index contributed by atoms with van der Waals surface area (Å²) in [5.41, 5.74) is 0.933. The van der Waals surface area contributed by atoms with E-state index in [1.54, 1.807) is 0 Å². The number of halogens is 1. The molecule has 18 heavy (non-hydrogen) atoms. The highest BCUT2D eigenvalue weighted by atomic mass is 79.9. The van der Waals surface area contributed by atoms with Gasteiger partial charge in [-0.2, -0.15) is 0 Å². The topological polar surface area (TPSA) is 9.23 Å². The van der Waals surface area contributed by atoms with Crippen molar-refractivity contribution in [3.63, 3.8) is 0 Å². The van der Waals surface area contributed by atoms with E-state index in [0.717, 1.165) is 11.8 Å². The molecule has 0 N–H and O–H groups in total. The summed E-state index contributed by atoms with van der Waals surface area (Å²) in [5.74, 6) is 2.17. The maximum absolute atomic E-state index is 6.53. The molecule has 3 unspecified atom stereocenters. The van der Waals surface area contributed by atoms with E-state index >= 15 is 0 Å². The van der Waals surface area contributed by atoms with Gasteiger partial charge in [-0.3, -0.25) is 0 Å². The maximum atomic E-state index is 6.53. The second kappa shape index (κ2) is 4.22. The van der Waals surface area contributed by atoms with Crippen LogP contribution in [0.4, 0.5) is 0 Å². The second-order valence-corrected chi connectivity index (χ2v) is 8.23. The Morgan fingerprint density at radius 1 is 1.06 bits per heavy atom. The molecular formula is C16H25BrO. The molecule has 102 valence electrons. The zero-order chi connectivity index (χ0) is 12.2. The van der Waals surface area contributed by atoms with Crippen LogP contribution < -0.4 is 0 Å². The number of rotatable bonds is 3. The highest BCUT2D eigenvalue weighted by Crippen LogP contribution is 2.62. The van der Waals surface area contributed by atoms with Gasteiger partial charge in [-0.05, 0) is 68.6 Å². The van der Waals surface area contributed by atoms with Gasteiger partial charge >= 0.3 is 0 Å². The van der Waals surface area contributed by atoms with Gasteiger partial charge < -0.3 is 4.74 Å². The van der Waals surface area contributed by atoms with E-state index in [9.17, 15) is 0 Å². The molecule has 0 aromatic rings. The van der Waals surface area contributed by atoms with Crippen molar-refractivity contribution in [2.24, 2.45) is 17.3 Å². The molecule has 1 nitrogen and oxygen atoms in total. The van der Waals surface area contributed by atoms with Crippen LogP contribution in [0.2, 0.25) is 0 Å². The van der Waals surface area contributed by atoms with Crippen molar-refractivity contribution in [1.82, 2.24) is 0 Å². The van der Waals surface area contributed by atoms with Crippen LogP contribution in [0.3, 0.4) is 0 Å². The Morgan fingerprint density at radius 3 is 2.44 bits per heavy atom. The van der Waals surface area contributed by atoms with Crippen molar-refractivity contribution in [3.8, 4) is 0 Å². The van der Waals surface area contributed by atoms with Crippen LogP contribution in [-0.4, -0.2) is 17.0 Å². The van der Waals surface area contributed by atoms with Gasteiger partial charge in [0.2, 0.25) is 0 Å². The largest absolute Gasteiger partial charge is 0.372 e. The summed E-state index contributed by atoms with van der Waals surface area (Å²) in [6.07, 6.45) is 14.6. The average Bonchev–Trinajstić information content (AvgIpc) is 2.79. The monoisotopic (exact) mass is 312 g/mol. The zero-order valence-corrected chi connectivity index (χ0v) is 12.9. The molecule has 3 saturated carbocycles. The molecule has 4 rings (SSSR count). The van der Waals surface area contributed by atoms with Gasteiger partial charge in [-0.15, -0.1) is 0 Å². The summed E-state index contributed by atoms with van der Waals surface area (Å²) in [6.45, 7) is 0. The van der Waals surface area contributed by atoms with E-state index in [0.29, 0.717) is 17.1 Å². The SMILES string of the molecule is BrCC1(CC2CCC3(CCCC3)O2)CC2CC2C1. The number of ether oxygens (including phenoxy) is 1. The van der Waals surface area contributed by atoms with Gasteiger partial charge in [0.15, 0.2) is 0 Å². The van der Waals surface area contributed by atoms with E-state index < -0.39 is 0 Å². The van der Waals surface area contributed by atoms with Gasteiger partial charge in [0.05, 0.1) is 11.7 Å². The molecule has 0 bridgehead atoms. The lowest BCUT2D eigenvalue weighted by molar-refractivity contribution is -0.0518. The summed E-state index contributed by atoms with van der Waals surface area (Å²) in [7, 11) is 0. The van der Waals surface area contributed by atoms with Crippen LogP contribution in [-0.2, 0) is 4.74 Å². The van der Waals surface area contributed by atoms with Crippen LogP contribution in [0.25, 0.3) is 0 Å². The summed E-state index contributed by atoms with van der Waals surface area (Å²) in [5, 5.41) is 1.21. The molecule has 0 radical (unpaired) electrons. The number of hydrogen-bond donors (Lipinski definition) is 0. The number of fused-ring (bicyclic) bond motifs is 1. The molecule has 4 fully saturated rings. The predicted octanol–water partition coefficient (Wildman–Crippen LogP) is 4.68. The van der Waals surface area contributed by atoms with E-state index in [-0.39, 0.29) is 0 Å². The van der Waals surface area contributed by atoms with Crippen molar-refractivity contribution < 1.29 is 4.74 Å². The van der Waals surface area contributed by atoms with Gasteiger partial charge in [-0.1, -0.05) is 28.8 Å². The number of alkyl halides is 1. The zero-order valence-electron chi connectivity index (χ0n) is 11.3. The minimum Gasteiger partial charge on any atom is -0.372 e. The van der Waals surface area contributed by atoms with E-state index in [1.165, 1.54) is 69.5 Å². The molecule has 1 spiro atoms. The Hall–Kier alpha value is 0.440. The third kappa shape index (κ3) is 1.98. The van der Waals surface area contributed by atoms with Crippen molar-refractivity contribution in [2.45, 2.75) is 75.9 Å². The van der Waals surface area contributed by atoms with E-state index in [2.05, 4.69) is 15.9 Å². The minimum atomic E-state index is 0.333. The Balaban J connectivity index is 1.40. The van der Waals surface area contributed by atoms with Crippen LogP contribution in [0.1, 0.15) is 64.2 Å². The lowest BCUT2D eigenvalue weighted by Gasteiger charge is -2.33. The lowest BCUT2D eigenvalue weighted by atomic mass is 9.79. The summed E-state index contributed by atoms with van der Waals surface area (Å²) in [4.78, 5) is 0. The molecule has 1 saturated heterocycles. The fraction of sp³-hybridized carbons (Fsp3) is 1.00. The predicted molar refractivity (Wildman–Crippen MR) is 77.0 cm³/mol. The standard InChI is InChI=1S/C16H25BrO/c17-11-15(8-12-7-13(12)9-15)10-14-3-6-16(18-14)4-1-2-5-16/h12-14H,1-11H2. The Labute approximate surface area is 119 Å². The molecule has 1 aliphatic heterocycles. The third-order valence-electron chi connectivity index (χ3n) is 6.26. The minimum absolute atomic E-state index is 0.333. The van der Waals surface area contributed by atoms with Crippen LogP contribution in [0.15, 0.2) is 0 Å². The van der Waals surface area contributed by atoms with Crippen LogP contribution >= 0.6 is 15.9 Å². The number of hydrogen-bond acceptors (Lipinski definition) is 1. The highest BCUT2D eigenvalue weighted by Gasteiger charge is 2.54. The lowest BCUT2D eigenvalue weighted by Crippen LogP contribution is -2.30. The van der Waals surface area contributed by atoms with Crippen molar-refractivity contribution in [1.29, 1.82) is 0 Å². The summed E-state index contributed by atoms with van der Waals surface area (Å²) in [6, 6.07) is 0. The molecule has 3 aliphatic carbocycles. The Kier molecular flexibility index (Phi) is 2.86. The molecule has 2 heteroatoms.